The van der Waals surface area contributed by atoms with E-state index in [4.69, 9.17) is 31.2 Å². The van der Waals surface area contributed by atoms with Gasteiger partial charge in [-0.2, -0.15) is 0 Å². The van der Waals surface area contributed by atoms with E-state index < -0.39 is 0 Å². The molecule has 0 heterocycles. The van der Waals surface area contributed by atoms with Crippen molar-refractivity contribution >= 4 is 23.0 Å². The third-order valence-corrected chi connectivity index (χ3v) is 6.14. The molecule has 31 heavy (non-hydrogen) atoms. The summed E-state index contributed by atoms with van der Waals surface area (Å²) in [5.41, 5.74) is 3.01. The Hall–Kier alpha value is -2.67. The fourth-order valence-corrected chi connectivity index (χ4v) is 4.54. The summed E-state index contributed by atoms with van der Waals surface area (Å²) in [4.78, 5) is 2.27. The first-order valence-corrected chi connectivity index (χ1v) is 10.9. The van der Waals surface area contributed by atoms with Gasteiger partial charge in [0.25, 0.3) is 0 Å². The molecule has 0 spiro atoms. The largest absolute Gasteiger partial charge is 0.496 e. The fraction of sp³-hybridized carbons (Fsp3) is 0.458. The molecular weight excluding hydrogens is 412 g/mol. The molecule has 0 bridgehead atoms. The SMILES string of the molecule is COc1ccc(NC(=S)N(Cc2ccc(OC)c(OC)c2OC)C2CCCC2)cc1C. The molecule has 0 radical (unpaired) electrons. The Kier molecular flexibility index (Phi) is 7.85. The third kappa shape index (κ3) is 5.15. The Bertz CT molecular complexity index is 913. The number of hydrogen-bond acceptors (Lipinski definition) is 5. The first-order valence-electron chi connectivity index (χ1n) is 10.5. The smallest absolute Gasteiger partial charge is 0.203 e. The minimum absolute atomic E-state index is 0.386. The zero-order valence-electron chi connectivity index (χ0n) is 19.0. The second-order valence-corrected chi connectivity index (χ2v) is 8.06. The third-order valence-electron chi connectivity index (χ3n) is 5.80. The van der Waals surface area contributed by atoms with Gasteiger partial charge >= 0.3 is 0 Å². The van der Waals surface area contributed by atoms with Crippen LogP contribution >= 0.6 is 12.2 Å². The molecule has 1 fully saturated rings. The molecule has 0 atom stereocenters. The highest BCUT2D eigenvalue weighted by Gasteiger charge is 2.27. The van der Waals surface area contributed by atoms with Crippen molar-refractivity contribution in [1.82, 2.24) is 4.90 Å². The molecule has 0 unspecified atom stereocenters. The molecule has 1 N–H and O–H groups in total. The molecule has 1 aliphatic rings. The van der Waals surface area contributed by atoms with Crippen molar-refractivity contribution in [2.24, 2.45) is 0 Å². The normalized spacial score (nSPS) is 13.6. The number of methoxy groups -OCH3 is 4. The molecule has 7 heteroatoms. The molecule has 1 saturated carbocycles. The number of hydrogen-bond donors (Lipinski definition) is 1. The number of rotatable bonds is 8. The molecule has 1 aliphatic carbocycles. The Balaban J connectivity index is 1.88. The van der Waals surface area contributed by atoms with Gasteiger partial charge in [0.1, 0.15) is 5.75 Å². The van der Waals surface area contributed by atoms with Gasteiger partial charge in [0.2, 0.25) is 5.75 Å². The highest BCUT2D eigenvalue weighted by molar-refractivity contribution is 7.80. The van der Waals surface area contributed by atoms with E-state index in [2.05, 4.69) is 16.3 Å². The Labute approximate surface area is 190 Å². The van der Waals surface area contributed by atoms with Crippen LogP contribution < -0.4 is 24.3 Å². The van der Waals surface area contributed by atoms with E-state index in [9.17, 15) is 0 Å². The van der Waals surface area contributed by atoms with Crippen LogP contribution in [0.15, 0.2) is 30.3 Å². The van der Waals surface area contributed by atoms with Crippen LogP contribution in [0.25, 0.3) is 0 Å². The van der Waals surface area contributed by atoms with E-state index in [1.165, 1.54) is 12.8 Å². The maximum Gasteiger partial charge on any atom is 0.203 e. The minimum Gasteiger partial charge on any atom is -0.496 e. The van der Waals surface area contributed by atoms with Crippen LogP contribution in [0.3, 0.4) is 0 Å². The van der Waals surface area contributed by atoms with E-state index in [1.54, 1.807) is 28.4 Å². The van der Waals surface area contributed by atoms with Gasteiger partial charge in [-0.05, 0) is 67.9 Å². The second-order valence-electron chi connectivity index (χ2n) is 7.67. The molecular formula is C24H32N2O4S. The summed E-state index contributed by atoms with van der Waals surface area (Å²) >= 11 is 5.87. The van der Waals surface area contributed by atoms with Crippen LogP contribution in [-0.4, -0.2) is 44.5 Å². The van der Waals surface area contributed by atoms with Crippen molar-refractivity contribution in [3.8, 4) is 23.0 Å². The Morgan fingerprint density at radius 1 is 0.935 bits per heavy atom. The standard InChI is InChI=1S/C24H32N2O4S/c1-16-14-18(11-13-20(16)27-2)25-24(31)26(19-8-6-7-9-19)15-17-10-12-21(28-3)23(30-5)22(17)29-4/h10-14,19H,6-9,15H2,1-5H3,(H,25,31). The van der Waals surface area contributed by atoms with Gasteiger partial charge in [-0.1, -0.05) is 12.8 Å². The van der Waals surface area contributed by atoms with Crippen LogP contribution in [0.4, 0.5) is 5.69 Å². The predicted octanol–water partition coefficient (Wildman–Crippen LogP) is 5.17. The molecule has 0 amide bonds. The first-order chi connectivity index (χ1) is 15.0. The molecule has 0 aliphatic heterocycles. The van der Waals surface area contributed by atoms with Gasteiger partial charge in [-0.25, -0.2) is 0 Å². The molecule has 2 aromatic carbocycles. The Morgan fingerprint density at radius 3 is 2.16 bits per heavy atom. The van der Waals surface area contributed by atoms with Gasteiger partial charge in [-0.3, -0.25) is 0 Å². The second kappa shape index (κ2) is 10.6. The molecule has 0 saturated heterocycles. The van der Waals surface area contributed by atoms with Crippen LogP contribution in [-0.2, 0) is 6.54 Å². The van der Waals surface area contributed by atoms with Crippen molar-refractivity contribution in [3.05, 3.63) is 41.5 Å². The van der Waals surface area contributed by atoms with Crippen LogP contribution in [0, 0.1) is 6.92 Å². The van der Waals surface area contributed by atoms with Crippen LogP contribution in [0.5, 0.6) is 23.0 Å². The molecule has 3 rings (SSSR count). The summed E-state index contributed by atoms with van der Waals surface area (Å²) < 4.78 is 22.1. The summed E-state index contributed by atoms with van der Waals surface area (Å²) in [6.45, 7) is 2.64. The first kappa shape index (κ1) is 23.0. The van der Waals surface area contributed by atoms with E-state index >= 15 is 0 Å². The summed E-state index contributed by atoms with van der Waals surface area (Å²) in [6.07, 6.45) is 4.68. The summed E-state index contributed by atoms with van der Waals surface area (Å²) in [6, 6.07) is 10.3. The highest BCUT2D eigenvalue weighted by Crippen LogP contribution is 2.41. The van der Waals surface area contributed by atoms with E-state index in [0.29, 0.717) is 34.9 Å². The number of benzene rings is 2. The zero-order valence-corrected chi connectivity index (χ0v) is 19.8. The summed E-state index contributed by atoms with van der Waals surface area (Å²) in [5, 5.41) is 4.13. The van der Waals surface area contributed by atoms with Crippen molar-refractivity contribution in [1.29, 1.82) is 0 Å². The molecule has 168 valence electrons. The lowest BCUT2D eigenvalue weighted by atomic mass is 10.1. The summed E-state index contributed by atoms with van der Waals surface area (Å²) in [5.74, 6) is 2.77. The van der Waals surface area contributed by atoms with Crippen LogP contribution in [0.2, 0.25) is 0 Å². The quantitative estimate of drug-likeness (QED) is 0.564. The van der Waals surface area contributed by atoms with Gasteiger partial charge in [0, 0.05) is 23.8 Å². The number of ether oxygens (including phenoxy) is 4. The van der Waals surface area contributed by atoms with Crippen molar-refractivity contribution in [3.63, 3.8) is 0 Å². The number of nitrogens with zero attached hydrogens (tertiary/aromatic N) is 1. The van der Waals surface area contributed by atoms with Crippen molar-refractivity contribution in [2.75, 3.05) is 33.8 Å². The molecule has 6 nitrogen and oxygen atoms in total. The Morgan fingerprint density at radius 2 is 1.58 bits per heavy atom. The van der Waals surface area contributed by atoms with E-state index in [1.807, 2.05) is 31.2 Å². The minimum atomic E-state index is 0.386. The van der Waals surface area contributed by atoms with E-state index in [-0.39, 0.29) is 0 Å². The average molecular weight is 445 g/mol. The lowest BCUT2D eigenvalue weighted by molar-refractivity contribution is 0.295. The topological polar surface area (TPSA) is 52.2 Å². The van der Waals surface area contributed by atoms with Gasteiger partial charge in [0.05, 0.1) is 28.4 Å². The lowest BCUT2D eigenvalue weighted by Crippen LogP contribution is -2.41. The van der Waals surface area contributed by atoms with Crippen LogP contribution in [0.1, 0.15) is 36.8 Å². The maximum absolute atomic E-state index is 5.87. The lowest BCUT2D eigenvalue weighted by Gasteiger charge is -2.32. The van der Waals surface area contributed by atoms with E-state index in [0.717, 1.165) is 35.4 Å². The number of aryl methyl sites for hydroxylation is 1. The number of anilines is 1. The van der Waals surface area contributed by atoms with Crippen molar-refractivity contribution < 1.29 is 18.9 Å². The number of nitrogens with one attached hydrogen (secondary N) is 1. The highest BCUT2D eigenvalue weighted by atomic mass is 32.1. The predicted molar refractivity (Wildman–Crippen MR) is 128 cm³/mol. The average Bonchev–Trinajstić information content (AvgIpc) is 3.31. The van der Waals surface area contributed by atoms with Crippen molar-refractivity contribution in [2.45, 2.75) is 45.2 Å². The van der Waals surface area contributed by atoms with Gasteiger partial charge < -0.3 is 29.2 Å². The zero-order chi connectivity index (χ0) is 22.4. The fourth-order valence-electron chi connectivity index (χ4n) is 4.21. The maximum atomic E-state index is 5.87. The summed E-state index contributed by atoms with van der Waals surface area (Å²) in [7, 11) is 6.57. The molecule has 0 aromatic heterocycles. The van der Waals surface area contributed by atoms with Gasteiger partial charge in [0.15, 0.2) is 16.6 Å². The molecule has 2 aromatic rings. The monoisotopic (exact) mass is 444 g/mol. The number of thiocarbonyl (C=S) groups is 1. The van der Waals surface area contributed by atoms with Gasteiger partial charge in [-0.15, -0.1) is 0 Å².